The van der Waals surface area contributed by atoms with Gasteiger partial charge in [0.15, 0.2) is 0 Å². The summed E-state index contributed by atoms with van der Waals surface area (Å²) in [6.07, 6.45) is 3.65. The van der Waals surface area contributed by atoms with Crippen LogP contribution in [0, 0.1) is 6.92 Å². The average Bonchev–Trinajstić information content (AvgIpc) is 3.29. The molecule has 4 rings (SSSR count). The van der Waals surface area contributed by atoms with Gasteiger partial charge >= 0.3 is 0 Å². The van der Waals surface area contributed by atoms with E-state index >= 15 is 0 Å². The Bertz CT molecular complexity index is 1070. The molecule has 0 bridgehead atoms. The predicted octanol–water partition coefficient (Wildman–Crippen LogP) is 4.06. The van der Waals surface area contributed by atoms with Crippen LogP contribution in [0.25, 0.3) is 15.9 Å². The maximum absolute atomic E-state index is 12.8. The number of aromatic nitrogens is 3. The Kier molecular flexibility index (Phi) is 4.26. The van der Waals surface area contributed by atoms with E-state index in [2.05, 4.69) is 10.1 Å². The number of hydrogen-bond acceptors (Lipinski definition) is 4. The second-order valence-electron chi connectivity index (χ2n) is 6.20. The molecule has 0 saturated heterocycles. The molecule has 0 fully saturated rings. The molecule has 0 aliphatic rings. The van der Waals surface area contributed by atoms with Gasteiger partial charge < -0.3 is 4.90 Å². The van der Waals surface area contributed by atoms with Gasteiger partial charge in [-0.1, -0.05) is 12.1 Å². The Hall–Kier alpha value is -2.99. The van der Waals surface area contributed by atoms with E-state index in [-0.39, 0.29) is 5.91 Å². The summed E-state index contributed by atoms with van der Waals surface area (Å²) in [5, 5.41) is 5.26. The molecule has 2 heterocycles. The average molecular weight is 362 g/mol. The number of fused-ring (bicyclic) bond motifs is 1. The third-order valence-electron chi connectivity index (χ3n) is 4.19. The lowest BCUT2D eigenvalue weighted by atomic mass is 10.1. The molecule has 2 aromatic carbocycles. The number of hydrogen-bond donors (Lipinski definition) is 0. The fourth-order valence-electron chi connectivity index (χ4n) is 2.96. The molecule has 5 nitrogen and oxygen atoms in total. The molecule has 6 heteroatoms. The molecule has 0 aliphatic heterocycles. The minimum absolute atomic E-state index is 0.00226. The van der Waals surface area contributed by atoms with Crippen molar-refractivity contribution < 1.29 is 4.79 Å². The van der Waals surface area contributed by atoms with E-state index in [1.165, 1.54) is 0 Å². The highest BCUT2D eigenvalue weighted by Gasteiger charge is 2.14. The van der Waals surface area contributed by atoms with Crippen LogP contribution < -0.4 is 0 Å². The van der Waals surface area contributed by atoms with Crippen LogP contribution in [-0.4, -0.2) is 32.6 Å². The Morgan fingerprint density at radius 3 is 2.88 bits per heavy atom. The van der Waals surface area contributed by atoms with Crippen molar-refractivity contribution in [1.29, 1.82) is 0 Å². The van der Waals surface area contributed by atoms with Crippen LogP contribution >= 0.6 is 11.3 Å². The van der Waals surface area contributed by atoms with Crippen LogP contribution in [0.4, 0.5) is 0 Å². The van der Waals surface area contributed by atoms with Crippen LogP contribution in [0.2, 0.25) is 0 Å². The van der Waals surface area contributed by atoms with Gasteiger partial charge in [-0.3, -0.25) is 4.79 Å². The number of benzene rings is 2. The zero-order chi connectivity index (χ0) is 18.1. The molecule has 0 atom stereocenters. The summed E-state index contributed by atoms with van der Waals surface area (Å²) in [5.74, 6) is 0.00226. The van der Waals surface area contributed by atoms with Crippen LogP contribution in [-0.2, 0) is 6.54 Å². The third kappa shape index (κ3) is 3.23. The summed E-state index contributed by atoms with van der Waals surface area (Å²) >= 11 is 1.61. The fraction of sp³-hybridized carbons (Fsp3) is 0.150. The van der Waals surface area contributed by atoms with Crippen molar-refractivity contribution >= 4 is 27.5 Å². The minimum atomic E-state index is 0.00226. The lowest BCUT2D eigenvalue weighted by Crippen LogP contribution is -2.26. The molecular weight excluding hydrogens is 344 g/mol. The number of amides is 1. The van der Waals surface area contributed by atoms with Gasteiger partial charge in [0, 0.05) is 31.5 Å². The van der Waals surface area contributed by atoms with Gasteiger partial charge in [0.25, 0.3) is 5.91 Å². The van der Waals surface area contributed by atoms with E-state index in [0.717, 1.165) is 26.5 Å². The topological polar surface area (TPSA) is 51.0 Å². The highest BCUT2D eigenvalue weighted by atomic mass is 32.1. The van der Waals surface area contributed by atoms with Gasteiger partial charge in [-0.05, 0) is 48.9 Å². The molecule has 0 N–H and O–H groups in total. The van der Waals surface area contributed by atoms with Gasteiger partial charge in [0.1, 0.15) is 0 Å². The lowest BCUT2D eigenvalue weighted by molar-refractivity contribution is 0.0785. The number of carbonyl (C=O) groups is 1. The summed E-state index contributed by atoms with van der Waals surface area (Å²) in [6, 6.07) is 15.6. The van der Waals surface area contributed by atoms with Crippen LogP contribution in [0.5, 0.6) is 0 Å². The number of aryl methyl sites for hydroxylation is 1. The van der Waals surface area contributed by atoms with Crippen molar-refractivity contribution in [3.05, 3.63) is 77.1 Å². The summed E-state index contributed by atoms with van der Waals surface area (Å²) in [6.45, 7) is 2.51. The molecule has 130 valence electrons. The molecule has 26 heavy (non-hydrogen) atoms. The first-order valence-corrected chi connectivity index (χ1v) is 9.13. The van der Waals surface area contributed by atoms with Gasteiger partial charge in [-0.15, -0.1) is 11.3 Å². The molecule has 0 aliphatic carbocycles. The first kappa shape index (κ1) is 16.5. The predicted molar refractivity (Wildman–Crippen MR) is 104 cm³/mol. The lowest BCUT2D eigenvalue weighted by Gasteiger charge is -2.18. The van der Waals surface area contributed by atoms with Crippen molar-refractivity contribution in [3.63, 3.8) is 0 Å². The van der Waals surface area contributed by atoms with E-state index in [0.29, 0.717) is 12.1 Å². The molecule has 0 spiro atoms. The number of thiazole rings is 1. The molecule has 2 aromatic heterocycles. The Morgan fingerprint density at radius 1 is 1.19 bits per heavy atom. The minimum Gasteiger partial charge on any atom is -0.337 e. The van der Waals surface area contributed by atoms with E-state index in [4.69, 9.17) is 0 Å². The number of carbonyl (C=O) groups excluding carboxylic acids is 1. The monoisotopic (exact) mass is 362 g/mol. The highest BCUT2D eigenvalue weighted by molar-refractivity contribution is 7.18. The molecule has 0 radical (unpaired) electrons. The zero-order valence-electron chi connectivity index (χ0n) is 14.6. The first-order valence-electron chi connectivity index (χ1n) is 8.32. The molecular formula is C20H18N4OS. The SMILES string of the molecule is Cc1nc2ccc(C(=O)N(C)Cc3cccc(-n4cccn4)c3)cc2s1. The summed E-state index contributed by atoms with van der Waals surface area (Å²) in [7, 11) is 1.82. The Balaban J connectivity index is 1.54. The van der Waals surface area contributed by atoms with E-state index in [1.807, 2.05) is 73.4 Å². The third-order valence-corrected chi connectivity index (χ3v) is 5.12. The largest absolute Gasteiger partial charge is 0.337 e. The first-order chi connectivity index (χ1) is 12.6. The van der Waals surface area contributed by atoms with E-state index in [1.54, 1.807) is 22.4 Å². The Morgan fingerprint density at radius 2 is 2.08 bits per heavy atom. The van der Waals surface area contributed by atoms with E-state index in [9.17, 15) is 4.79 Å². The van der Waals surface area contributed by atoms with Crippen molar-refractivity contribution in [1.82, 2.24) is 19.7 Å². The second kappa shape index (κ2) is 6.72. The number of nitrogens with zero attached hydrogens (tertiary/aromatic N) is 4. The van der Waals surface area contributed by atoms with Gasteiger partial charge in [0.05, 0.1) is 20.9 Å². The molecule has 1 amide bonds. The van der Waals surface area contributed by atoms with Crippen LogP contribution in [0.15, 0.2) is 60.9 Å². The molecule has 0 unspecified atom stereocenters. The fourth-order valence-corrected chi connectivity index (χ4v) is 3.82. The van der Waals surface area contributed by atoms with Gasteiger partial charge in [-0.2, -0.15) is 5.10 Å². The smallest absolute Gasteiger partial charge is 0.253 e. The second-order valence-corrected chi connectivity index (χ2v) is 7.43. The van der Waals surface area contributed by atoms with Crippen molar-refractivity contribution in [2.75, 3.05) is 7.05 Å². The zero-order valence-corrected chi connectivity index (χ0v) is 15.4. The van der Waals surface area contributed by atoms with Crippen LogP contribution in [0.1, 0.15) is 20.9 Å². The Labute approximate surface area is 155 Å². The van der Waals surface area contributed by atoms with Crippen molar-refractivity contribution in [2.45, 2.75) is 13.5 Å². The maximum atomic E-state index is 12.8. The summed E-state index contributed by atoms with van der Waals surface area (Å²) in [4.78, 5) is 19.0. The maximum Gasteiger partial charge on any atom is 0.253 e. The van der Waals surface area contributed by atoms with Crippen LogP contribution in [0.3, 0.4) is 0 Å². The van der Waals surface area contributed by atoms with E-state index < -0.39 is 0 Å². The van der Waals surface area contributed by atoms with Gasteiger partial charge in [-0.25, -0.2) is 9.67 Å². The molecule has 4 aromatic rings. The normalized spacial score (nSPS) is 11.0. The summed E-state index contributed by atoms with van der Waals surface area (Å²) in [5.41, 5.74) is 3.67. The molecule has 0 saturated carbocycles. The van der Waals surface area contributed by atoms with Gasteiger partial charge in [0.2, 0.25) is 0 Å². The van der Waals surface area contributed by atoms with Crippen molar-refractivity contribution in [3.8, 4) is 5.69 Å². The standard InChI is InChI=1S/C20H18N4OS/c1-14-22-18-8-7-16(12-19(18)26-14)20(25)23(2)13-15-5-3-6-17(11-15)24-10-4-9-21-24/h3-12H,13H2,1-2H3. The quantitative estimate of drug-likeness (QED) is 0.550. The summed E-state index contributed by atoms with van der Waals surface area (Å²) < 4.78 is 2.85. The number of rotatable bonds is 4. The van der Waals surface area contributed by atoms with Crippen molar-refractivity contribution in [2.24, 2.45) is 0 Å². The highest BCUT2D eigenvalue weighted by Crippen LogP contribution is 2.23.